The Hall–Kier alpha value is -1.59. The number of carboxylic acids is 1. The van der Waals surface area contributed by atoms with Gasteiger partial charge in [0.25, 0.3) is 0 Å². The van der Waals surface area contributed by atoms with Crippen LogP contribution in [0.25, 0.3) is 0 Å². The molecule has 2 atom stereocenters. The minimum Gasteiger partial charge on any atom is -0.481 e. The summed E-state index contributed by atoms with van der Waals surface area (Å²) in [4.78, 5) is 16.1. The van der Waals surface area contributed by atoms with Crippen molar-refractivity contribution in [3.8, 4) is 0 Å². The first-order chi connectivity index (χ1) is 14.2. The third kappa shape index (κ3) is 6.21. The van der Waals surface area contributed by atoms with E-state index in [9.17, 15) is 4.79 Å². The third-order valence-electron chi connectivity index (χ3n) is 5.78. The fourth-order valence-electron chi connectivity index (χ4n) is 4.56. The Kier molecular flexibility index (Phi) is 7.81. The molecule has 30 heavy (non-hydrogen) atoms. The Morgan fingerprint density at radius 2 is 1.67 bits per heavy atom. The highest BCUT2D eigenvalue weighted by molar-refractivity contribution is 6.42. The van der Waals surface area contributed by atoms with Gasteiger partial charge in [0, 0.05) is 38.3 Å². The third-order valence-corrected chi connectivity index (χ3v) is 6.52. The number of piperazine rings is 1. The molecule has 1 saturated heterocycles. The summed E-state index contributed by atoms with van der Waals surface area (Å²) in [6.07, 6.45) is 1.00. The molecule has 1 fully saturated rings. The van der Waals surface area contributed by atoms with Crippen molar-refractivity contribution in [3.05, 3.63) is 68.7 Å². The van der Waals surface area contributed by atoms with Crippen LogP contribution in [-0.2, 0) is 24.2 Å². The number of carbonyl (C=O) groups is 1. The van der Waals surface area contributed by atoms with Crippen molar-refractivity contribution in [3.63, 3.8) is 0 Å². The summed E-state index contributed by atoms with van der Waals surface area (Å²) in [5.74, 6) is -0.785. The van der Waals surface area contributed by atoms with Gasteiger partial charge in [-0.15, -0.1) is 0 Å². The molecule has 2 aromatic carbocycles. The van der Waals surface area contributed by atoms with Crippen molar-refractivity contribution >= 4 is 29.2 Å². The molecule has 162 valence electrons. The molecule has 0 saturated carbocycles. The van der Waals surface area contributed by atoms with E-state index in [2.05, 4.69) is 29.7 Å². The summed E-state index contributed by atoms with van der Waals surface area (Å²) >= 11 is 12.2. The number of aliphatic carboxylic acids is 1. The van der Waals surface area contributed by atoms with Gasteiger partial charge in [0.05, 0.1) is 16.5 Å². The quantitative estimate of drug-likeness (QED) is 0.642. The lowest BCUT2D eigenvalue weighted by atomic mass is 10.0. The number of halogens is 2. The summed E-state index contributed by atoms with van der Waals surface area (Å²) in [7, 11) is 0. The number of aryl methyl sites for hydroxylation is 1. The van der Waals surface area contributed by atoms with E-state index < -0.39 is 5.97 Å². The number of carboxylic acid groups (broad SMARTS) is 1. The van der Waals surface area contributed by atoms with E-state index in [1.165, 1.54) is 11.1 Å². The second-order valence-corrected chi connectivity index (χ2v) is 9.34. The second-order valence-electron chi connectivity index (χ2n) is 8.53. The minimum absolute atomic E-state index is 0.0782. The van der Waals surface area contributed by atoms with Gasteiger partial charge in [0.1, 0.15) is 0 Å². The molecule has 1 aliphatic rings. The maximum atomic E-state index is 11.1. The van der Waals surface area contributed by atoms with E-state index >= 15 is 0 Å². The lowest BCUT2D eigenvalue weighted by Crippen LogP contribution is -2.56. The van der Waals surface area contributed by atoms with E-state index in [0.717, 1.165) is 43.7 Å². The van der Waals surface area contributed by atoms with Crippen molar-refractivity contribution in [2.24, 2.45) is 0 Å². The second kappa shape index (κ2) is 10.1. The molecular weight excluding hydrogens is 419 g/mol. The van der Waals surface area contributed by atoms with Crippen LogP contribution < -0.4 is 0 Å². The summed E-state index contributed by atoms with van der Waals surface area (Å²) in [6.45, 7) is 10.4. The molecule has 0 aromatic heterocycles. The highest BCUT2D eigenvalue weighted by Gasteiger charge is 2.29. The highest BCUT2D eigenvalue weighted by atomic mass is 35.5. The molecule has 0 amide bonds. The van der Waals surface area contributed by atoms with E-state index in [1.54, 1.807) is 0 Å². The van der Waals surface area contributed by atoms with Gasteiger partial charge >= 0.3 is 5.97 Å². The largest absolute Gasteiger partial charge is 0.481 e. The van der Waals surface area contributed by atoms with Crippen molar-refractivity contribution in [1.82, 2.24) is 9.80 Å². The molecule has 3 rings (SSSR count). The van der Waals surface area contributed by atoms with Crippen molar-refractivity contribution < 1.29 is 9.90 Å². The Labute approximate surface area is 189 Å². The van der Waals surface area contributed by atoms with Gasteiger partial charge in [0.15, 0.2) is 0 Å². The van der Waals surface area contributed by atoms with Gasteiger partial charge in [0.2, 0.25) is 0 Å². The molecule has 4 nitrogen and oxygen atoms in total. The zero-order valence-corrected chi connectivity index (χ0v) is 19.4. The molecule has 0 radical (unpaired) electrons. The van der Waals surface area contributed by atoms with Crippen LogP contribution in [0.2, 0.25) is 10.0 Å². The molecule has 1 N–H and O–H groups in total. The van der Waals surface area contributed by atoms with Crippen LogP contribution in [-0.4, -0.2) is 52.6 Å². The molecule has 1 heterocycles. The fourth-order valence-corrected chi connectivity index (χ4v) is 4.88. The molecular formula is C24H30Cl2N2O2. The van der Waals surface area contributed by atoms with Gasteiger partial charge in [-0.2, -0.15) is 0 Å². The van der Waals surface area contributed by atoms with Crippen molar-refractivity contribution in [1.29, 1.82) is 0 Å². The van der Waals surface area contributed by atoms with Gasteiger partial charge in [-0.1, -0.05) is 53.0 Å². The maximum absolute atomic E-state index is 11.1. The topological polar surface area (TPSA) is 43.8 Å². The summed E-state index contributed by atoms with van der Waals surface area (Å²) in [6, 6.07) is 12.9. The zero-order valence-electron chi connectivity index (χ0n) is 17.9. The number of rotatable bonds is 7. The SMILES string of the molecule is Cc1cc(CCN2[C@H](C)CN(Cc3ccc(Cl)c(Cl)c3)C[C@@H]2C)cc(CC(=O)O)c1. The predicted octanol–water partition coefficient (Wildman–Crippen LogP) is 5.07. The van der Waals surface area contributed by atoms with Gasteiger partial charge in [-0.25, -0.2) is 0 Å². The number of nitrogens with zero attached hydrogens (tertiary/aromatic N) is 2. The Balaban J connectivity index is 1.59. The first-order valence-electron chi connectivity index (χ1n) is 10.4. The molecule has 0 spiro atoms. The van der Waals surface area contributed by atoms with E-state index in [4.69, 9.17) is 28.3 Å². The predicted molar refractivity (Wildman–Crippen MR) is 124 cm³/mol. The van der Waals surface area contributed by atoms with Crippen molar-refractivity contribution in [2.45, 2.75) is 52.2 Å². The molecule has 2 aromatic rings. The molecule has 6 heteroatoms. The maximum Gasteiger partial charge on any atom is 0.307 e. The van der Waals surface area contributed by atoms with Crippen LogP contribution in [0.15, 0.2) is 36.4 Å². The summed E-state index contributed by atoms with van der Waals surface area (Å²) in [5.41, 5.74) is 4.40. The van der Waals surface area contributed by atoms with Crippen LogP contribution in [0.4, 0.5) is 0 Å². The van der Waals surface area contributed by atoms with Crippen molar-refractivity contribution in [2.75, 3.05) is 19.6 Å². The average Bonchev–Trinajstić information content (AvgIpc) is 2.63. The highest BCUT2D eigenvalue weighted by Crippen LogP contribution is 2.25. The minimum atomic E-state index is -0.785. The van der Waals surface area contributed by atoms with E-state index in [0.29, 0.717) is 22.1 Å². The monoisotopic (exact) mass is 448 g/mol. The lowest BCUT2D eigenvalue weighted by Gasteiger charge is -2.44. The first-order valence-corrected chi connectivity index (χ1v) is 11.2. The molecule has 0 unspecified atom stereocenters. The molecule has 1 aliphatic heterocycles. The number of hydrogen-bond donors (Lipinski definition) is 1. The molecule has 0 aliphatic carbocycles. The lowest BCUT2D eigenvalue weighted by molar-refractivity contribution is -0.136. The first kappa shape index (κ1) is 23.1. The van der Waals surface area contributed by atoms with Crippen LogP contribution in [0.5, 0.6) is 0 Å². The van der Waals surface area contributed by atoms with E-state index in [1.807, 2.05) is 37.3 Å². The van der Waals surface area contributed by atoms with Gasteiger partial charge < -0.3 is 5.11 Å². The van der Waals surface area contributed by atoms with Crippen LogP contribution in [0.3, 0.4) is 0 Å². The number of hydrogen-bond acceptors (Lipinski definition) is 3. The van der Waals surface area contributed by atoms with E-state index in [-0.39, 0.29) is 6.42 Å². The fraction of sp³-hybridized carbons (Fsp3) is 0.458. The standard InChI is InChI=1S/C24H30Cl2N2O2/c1-16-8-19(10-21(9-16)12-24(29)30)6-7-28-17(2)13-27(14-18(28)3)15-20-4-5-22(25)23(26)11-20/h4-5,8-11,17-18H,6-7,12-15H2,1-3H3,(H,29,30)/t17-,18+. The van der Waals surface area contributed by atoms with Crippen LogP contribution in [0, 0.1) is 6.92 Å². The molecule has 0 bridgehead atoms. The van der Waals surface area contributed by atoms with Crippen LogP contribution >= 0.6 is 23.2 Å². The zero-order chi connectivity index (χ0) is 21.8. The summed E-state index contributed by atoms with van der Waals surface area (Å²) < 4.78 is 0. The van der Waals surface area contributed by atoms with Gasteiger partial charge in [-0.3, -0.25) is 14.6 Å². The Morgan fingerprint density at radius 3 is 2.30 bits per heavy atom. The smallest absolute Gasteiger partial charge is 0.307 e. The average molecular weight is 449 g/mol. The normalized spacial score (nSPS) is 20.4. The van der Waals surface area contributed by atoms with Crippen LogP contribution in [0.1, 0.15) is 36.1 Å². The Bertz CT molecular complexity index is 891. The Morgan fingerprint density at radius 1 is 1.00 bits per heavy atom. The summed E-state index contributed by atoms with van der Waals surface area (Å²) in [5, 5.41) is 10.3. The number of benzene rings is 2. The van der Waals surface area contributed by atoms with Gasteiger partial charge in [-0.05, 0) is 56.0 Å².